The Morgan fingerprint density at radius 3 is 2.65 bits per heavy atom. The SMILES string of the molecule is CCNc1ccncc1C(=O)NC(C)CN(CC)CC. The highest BCUT2D eigenvalue weighted by molar-refractivity contribution is 5.99. The summed E-state index contributed by atoms with van der Waals surface area (Å²) >= 11 is 0. The van der Waals surface area contributed by atoms with E-state index in [0.717, 1.165) is 31.9 Å². The van der Waals surface area contributed by atoms with E-state index in [2.05, 4.69) is 34.4 Å². The van der Waals surface area contributed by atoms with Gasteiger partial charge >= 0.3 is 0 Å². The molecule has 1 aromatic heterocycles. The number of nitrogens with zero attached hydrogens (tertiary/aromatic N) is 2. The van der Waals surface area contributed by atoms with Crippen LogP contribution in [-0.2, 0) is 0 Å². The normalized spacial score (nSPS) is 12.2. The molecule has 1 unspecified atom stereocenters. The van der Waals surface area contributed by atoms with Gasteiger partial charge in [-0.1, -0.05) is 13.8 Å². The second-order valence-corrected chi connectivity index (χ2v) is 4.81. The van der Waals surface area contributed by atoms with Gasteiger partial charge in [0, 0.05) is 31.5 Å². The molecule has 1 aromatic rings. The van der Waals surface area contributed by atoms with E-state index in [-0.39, 0.29) is 11.9 Å². The van der Waals surface area contributed by atoms with Crippen molar-refractivity contribution in [3.05, 3.63) is 24.0 Å². The summed E-state index contributed by atoms with van der Waals surface area (Å²) < 4.78 is 0. The number of pyridine rings is 1. The minimum atomic E-state index is -0.0753. The minimum Gasteiger partial charge on any atom is -0.385 e. The zero-order chi connectivity index (χ0) is 15.0. The van der Waals surface area contributed by atoms with Crippen molar-refractivity contribution in [2.24, 2.45) is 0 Å². The highest BCUT2D eigenvalue weighted by Crippen LogP contribution is 2.13. The summed E-state index contributed by atoms with van der Waals surface area (Å²) in [4.78, 5) is 18.6. The molecule has 1 heterocycles. The monoisotopic (exact) mass is 278 g/mol. The van der Waals surface area contributed by atoms with Crippen molar-refractivity contribution in [2.75, 3.05) is 31.5 Å². The van der Waals surface area contributed by atoms with Crippen LogP contribution in [0.25, 0.3) is 0 Å². The fraction of sp³-hybridized carbons (Fsp3) is 0.600. The molecule has 1 rings (SSSR count). The Morgan fingerprint density at radius 1 is 1.35 bits per heavy atom. The van der Waals surface area contributed by atoms with Crippen molar-refractivity contribution in [1.29, 1.82) is 0 Å². The number of aromatic nitrogens is 1. The number of hydrogen-bond donors (Lipinski definition) is 2. The van der Waals surface area contributed by atoms with Crippen LogP contribution in [0.5, 0.6) is 0 Å². The van der Waals surface area contributed by atoms with E-state index in [1.54, 1.807) is 12.4 Å². The molecule has 0 radical (unpaired) electrons. The largest absolute Gasteiger partial charge is 0.385 e. The summed E-state index contributed by atoms with van der Waals surface area (Å²) in [6.07, 6.45) is 3.30. The lowest BCUT2D eigenvalue weighted by atomic mass is 10.2. The first-order valence-corrected chi connectivity index (χ1v) is 7.33. The number of carbonyl (C=O) groups is 1. The molecule has 0 saturated heterocycles. The molecule has 0 fully saturated rings. The lowest BCUT2D eigenvalue weighted by molar-refractivity contribution is 0.0931. The molecule has 2 N–H and O–H groups in total. The smallest absolute Gasteiger partial charge is 0.255 e. The van der Waals surface area contributed by atoms with E-state index in [1.807, 2.05) is 19.9 Å². The van der Waals surface area contributed by atoms with Gasteiger partial charge in [-0.3, -0.25) is 9.78 Å². The van der Waals surface area contributed by atoms with Crippen LogP contribution in [0.15, 0.2) is 18.5 Å². The summed E-state index contributed by atoms with van der Waals surface area (Å²) in [6, 6.07) is 1.94. The Kier molecular flexibility index (Phi) is 7.01. The van der Waals surface area contributed by atoms with Gasteiger partial charge in [0.15, 0.2) is 0 Å². The minimum absolute atomic E-state index is 0.0753. The molecule has 20 heavy (non-hydrogen) atoms. The van der Waals surface area contributed by atoms with Crippen LogP contribution in [0.4, 0.5) is 5.69 Å². The van der Waals surface area contributed by atoms with Crippen LogP contribution in [0.2, 0.25) is 0 Å². The molecular weight excluding hydrogens is 252 g/mol. The molecule has 0 saturated carbocycles. The number of anilines is 1. The highest BCUT2D eigenvalue weighted by atomic mass is 16.1. The first kappa shape index (κ1) is 16.4. The Bertz CT molecular complexity index is 418. The molecule has 0 aromatic carbocycles. The van der Waals surface area contributed by atoms with Crippen molar-refractivity contribution in [3.63, 3.8) is 0 Å². The number of amides is 1. The maximum atomic E-state index is 12.3. The summed E-state index contributed by atoms with van der Waals surface area (Å²) in [5.41, 5.74) is 1.43. The second kappa shape index (κ2) is 8.53. The Morgan fingerprint density at radius 2 is 2.05 bits per heavy atom. The third-order valence-electron chi connectivity index (χ3n) is 3.24. The average Bonchev–Trinajstić information content (AvgIpc) is 2.45. The quantitative estimate of drug-likeness (QED) is 0.763. The van der Waals surface area contributed by atoms with Crippen LogP contribution in [0.3, 0.4) is 0 Å². The molecular formula is C15H26N4O. The molecule has 0 aliphatic heterocycles. The van der Waals surface area contributed by atoms with E-state index >= 15 is 0 Å². The maximum absolute atomic E-state index is 12.3. The molecule has 1 amide bonds. The summed E-state index contributed by atoms with van der Waals surface area (Å²) in [5.74, 6) is -0.0753. The van der Waals surface area contributed by atoms with Gasteiger partial charge < -0.3 is 15.5 Å². The topological polar surface area (TPSA) is 57.3 Å². The van der Waals surface area contributed by atoms with E-state index in [4.69, 9.17) is 0 Å². The lowest BCUT2D eigenvalue weighted by Gasteiger charge is -2.23. The molecule has 1 atom stereocenters. The van der Waals surface area contributed by atoms with Crippen LogP contribution < -0.4 is 10.6 Å². The Labute approximate surface area is 121 Å². The van der Waals surface area contributed by atoms with Crippen LogP contribution in [0, 0.1) is 0 Å². The number of likely N-dealkylation sites (N-methyl/N-ethyl adjacent to an activating group) is 1. The first-order chi connectivity index (χ1) is 9.62. The van der Waals surface area contributed by atoms with E-state index in [9.17, 15) is 4.79 Å². The predicted octanol–water partition coefficient (Wildman–Crippen LogP) is 1.97. The number of nitrogens with one attached hydrogen (secondary N) is 2. The summed E-state index contributed by atoms with van der Waals surface area (Å²) in [6.45, 7) is 11.9. The fourth-order valence-electron chi connectivity index (χ4n) is 2.14. The Hall–Kier alpha value is -1.62. The van der Waals surface area contributed by atoms with Gasteiger partial charge in [0.25, 0.3) is 5.91 Å². The van der Waals surface area contributed by atoms with Crippen molar-refractivity contribution in [1.82, 2.24) is 15.2 Å². The zero-order valence-corrected chi connectivity index (χ0v) is 12.9. The zero-order valence-electron chi connectivity index (χ0n) is 12.9. The van der Waals surface area contributed by atoms with Gasteiger partial charge in [0.05, 0.1) is 11.3 Å². The van der Waals surface area contributed by atoms with Crippen molar-refractivity contribution in [2.45, 2.75) is 33.7 Å². The first-order valence-electron chi connectivity index (χ1n) is 7.33. The van der Waals surface area contributed by atoms with Crippen LogP contribution >= 0.6 is 0 Å². The van der Waals surface area contributed by atoms with Crippen LogP contribution in [0.1, 0.15) is 38.1 Å². The van der Waals surface area contributed by atoms with Crippen molar-refractivity contribution < 1.29 is 4.79 Å². The summed E-state index contributed by atoms with van der Waals surface area (Å²) in [5, 5.41) is 6.22. The molecule has 0 aliphatic rings. The summed E-state index contributed by atoms with van der Waals surface area (Å²) in [7, 11) is 0. The van der Waals surface area contributed by atoms with Gasteiger partial charge in [0.1, 0.15) is 0 Å². The van der Waals surface area contributed by atoms with Gasteiger partial charge in [-0.05, 0) is 33.0 Å². The predicted molar refractivity (Wildman–Crippen MR) is 83.1 cm³/mol. The highest BCUT2D eigenvalue weighted by Gasteiger charge is 2.15. The van der Waals surface area contributed by atoms with E-state index < -0.39 is 0 Å². The number of carbonyl (C=O) groups excluding carboxylic acids is 1. The number of rotatable bonds is 8. The fourth-order valence-corrected chi connectivity index (χ4v) is 2.14. The van der Waals surface area contributed by atoms with E-state index in [1.165, 1.54) is 0 Å². The third kappa shape index (κ3) is 4.81. The lowest BCUT2D eigenvalue weighted by Crippen LogP contribution is -2.42. The average molecular weight is 278 g/mol. The number of hydrogen-bond acceptors (Lipinski definition) is 4. The van der Waals surface area contributed by atoms with E-state index in [0.29, 0.717) is 5.56 Å². The van der Waals surface area contributed by atoms with Crippen LogP contribution in [-0.4, -0.2) is 48.0 Å². The molecule has 5 heteroatoms. The van der Waals surface area contributed by atoms with Gasteiger partial charge in [-0.2, -0.15) is 0 Å². The molecule has 0 aliphatic carbocycles. The van der Waals surface area contributed by atoms with Gasteiger partial charge in [-0.15, -0.1) is 0 Å². The maximum Gasteiger partial charge on any atom is 0.255 e. The second-order valence-electron chi connectivity index (χ2n) is 4.81. The molecule has 112 valence electrons. The molecule has 0 spiro atoms. The Balaban J connectivity index is 2.66. The van der Waals surface area contributed by atoms with Crippen molar-refractivity contribution >= 4 is 11.6 Å². The molecule has 5 nitrogen and oxygen atoms in total. The third-order valence-corrected chi connectivity index (χ3v) is 3.24. The van der Waals surface area contributed by atoms with Gasteiger partial charge in [-0.25, -0.2) is 0 Å². The standard InChI is InChI=1S/C15H26N4O/c1-5-17-14-8-9-16-10-13(14)15(20)18-12(4)11-19(6-2)7-3/h8-10,12H,5-7,11H2,1-4H3,(H,16,17)(H,18,20). The molecule has 0 bridgehead atoms. The van der Waals surface area contributed by atoms with Crippen molar-refractivity contribution in [3.8, 4) is 0 Å². The van der Waals surface area contributed by atoms with Gasteiger partial charge in [0.2, 0.25) is 0 Å².